The van der Waals surface area contributed by atoms with Crippen LogP contribution in [0, 0.1) is 5.92 Å². The van der Waals surface area contributed by atoms with E-state index in [1.54, 1.807) is 11.8 Å². The van der Waals surface area contributed by atoms with Crippen LogP contribution in [0.1, 0.15) is 62.4 Å². The Hall–Kier alpha value is -2.98. The van der Waals surface area contributed by atoms with Crippen molar-refractivity contribution < 1.29 is 9.59 Å². The topological polar surface area (TPSA) is 101 Å². The fraction of sp³-hybridized carbons (Fsp3) is 0.444. The van der Waals surface area contributed by atoms with Gasteiger partial charge in [-0.2, -0.15) is 0 Å². The summed E-state index contributed by atoms with van der Waals surface area (Å²) in [6, 6.07) is 8.34. The molecule has 194 valence electrons. The number of amides is 2. The van der Waals surface area contributed by atoms with Gasteiger partial charge in [0.2, 0.25) is 16.9 Å². The number of hydrogen-bond donors (Lipinski definition) is 2. The highest BCUT2D eigenvalue weighted by atomic mass is 32.2. The molecule has 0 radical (unpaired) electrons. The molecular weight excluding hydrogens is 504 g/mol. The number of nitrogens with zero attached hydrogens (tertiary/aromatic N) is 4. The molecule has 0 saturated heterocycles. The van der Waals surface area contributed by atoms with Gasteiger partial charge < -0.3 is 15.2 Å². The number of para-hydroxylation sites is 1. The van der Waals surface area contributed by atoms with Gasteiger partial charge in [-0.1, -0.05) is 53.8 Å². The predicted molar refractivity (Wildman–Crippen MR) is 151 cm³/mol. The van der Waals surface area contributed by atoms with Crippen molar-refractivity contribution in [3.05, 3.63) is 52.1 Å². The number of benzene rings is 1. The van der Waals surface area contributed by atoms with E-state index < -0.39 is 0 Å². The lowest BCUT2D eigenvalue weighted by Crippen LogP contribution is -2.26. The first kappa shape index (κ1) is 25.7. The summed E-state index contributed by atoms with van der Waals surface area (Å²) in [6.45, 7) is 3.61. The maximum absolute atomic E-state index is 13.1. The average molecular weight is 537 g/mol. The Kier molecular flexibility index (Phi) is 7.76. The standard InChI is InChI=1S/C27H32N6O2S2/c1-16-11-12-24(30-23(35)14-20-15-33(3)22-10-5-4-9-21(20)22)36-25(28-16)18-7-6-8-19(13-18)26-31-32-27(37-26)29-17(2)34/h4-5,9-10,12,15-16,18-19H,6-8,11,13-14H2,1-3H3,(H,30,35)(H,29,32,34). The fourth-order valence-corrected chi connectivity index (χ4v) is 7.27. The molecule has 10 heteroatoms. The van der Waals surface area contributed by atoms with Gasteiger partial charge in [0.05, 0.1) is 22.5 Å². The van der Waals surface area contributed by atoms with Gasteiger partial charge >= 0.3 is 0 Å². The monoisotopic (exact) mass is 536 g/mol. The lowest BCUT2D eigenvalue weighted by molar-refractivity contribution is -0.119. The smallest absolute Gasteiger partial charge is 0.229 e. The summed E-state index contributed by atoms with van der Waals surface area (Å²) in [7, 11) is 2.01. The molecular formula is C27H32N6O2S2. The Morgan fingerprint density at radius 2 is 1.95 bits per heavy atom. The molecule has 1 aliphatic carbocycles. The number of anilines is 1. The van der Waals surface area contributed by atoms with Crippen molar-refractivity contribution in [2.24, 2.45) is 18.0 Å². The van der Waals surface area contributed by atoms with Crippen LogP contribution in [0.15, 0.2) is 46.6 Å². The number of carbonyl (C=O) groups excluding carboxylic acids is 2. The van der Waals surface area contributed by atoms with E-state index in [9.17, 15) is 9.59 Å². The van der Waals surface area contributed by atoms with Gasteiger partial charge in [-0.05, 0) is 44.2 Å². The summed E-state index contributed by atoms with van der Waals surface area (Å²) in [5, 5.41) is 19.0. The van der Waals surface area contributed by atoms with Crippen molar-refractivity contribution in [2.75, 3.05) is 5.32 Å². The Morgan fingerprint density at radius 1 is 1.14 bits per heavy atom. The van der Waals surface area contributed by atoms with E-state index in [-0.39, 0.29) is 17.9 Å². The lowest BCUT2D eigenvalue weighted by atomic mass is 9.82. The normalized spacial score (nSPS) is 22.2. The van der Waals surface area contributed by atoms with Gasteiger partial charge in [-0.3, -0.25) is 14.6 Å². The Morgan fingerprint density at radius 3 is 2.78 bits per heavy atom. The van der Waals surface area contributed by atoms with Gasteiger partial charge in [-0.15, -0.1) is 10.2 Å². The molecule has 2 aromatic heterocycles. The Balaban J connectivity index is 1.25. The Labute approximate surface area is 225 Å². The minimum absolute atomic E-state index is 0.00936. The van der Waals surface area contributed by atoms with Crippen molar-refractivity contribution in [3.63, 3.8) is 0 Å². The van der Waals surface area contributed by atoms with Crippen LogP contribution in [0.4, 0.5) is 5.13 Å². The summed E-state index contributed by atoms with van der Waals surface area (Å²) in [5.41, 5.74) is 2.16. The van der Waals surface area contributed by atoms with Crippen LogP contribution in [-0.4, -0.2) is 37.7 Å². The van der Waals surface area contributed by atoms with Crippen LogP contribution >= 0.6 is 23.1 Å². The van der Waals surface area contributed by atoms with E-state index in [0.717, 1.165) is 63.7 Å². The Bertz CT molecular complexity index is 1370. The molecule has 1 aromatic carbocycles. The third kappa shape index (κ3) is 6.13. The lowest BCUT2D eigenvalue weighted by Gasteiger charge is -2.28. The third-order valence-corrected chi connectivity index (χ3v) is 9.03. The molecule has 1 aliphatic heterocycles. The molecule has 3 heterocycles. The molecule has 2 aliphatic rings. The molecule has 8 nitrogen and oxygen atoms in total. The van der Waals surface area contributed by atoms with E-state index >= 15 is 0 Å². The number of aromatic nitrogens is 3. The van der Waals surface area contributed by atoms with E-state index in [0.29, 0.717) is 23.4 Å². The molecule has 37 heavy (non-hydrogen) atoms. The fourth-order valence-electron chi connectivity index (χ4n) is 5.15. The largest absolute Gasteiger partial charge is 0.350 e. The summed E-state index contributed by atoms with van der Waals surface area (Å²) in [5.74, 6) is 0.471. The summed E-state index contributed by atoms with van der Waals surface area (Å²) >= 11 is 3.07. The quantitative estimate of drug-likeness (QED) is 0.440. The first-order valence-electron chi connectivity index (χ1n) is 12.7. The van der Waals surface area contributed by atoms with E-state index in [1.807, 2.05) is 25.4 Å². The van der Waals surface area contributed by atoms with Crippen LogP contribution in [0.25, 0.3) is 10.9 Å². The maximum Gasteiger partial charge on any atom is 0.229 e. The zero-order valence-electron chi connectivity index (χ0n) is 21.4. The van der Waals surface area contributed by atoms with Crippen molar-refractivity contribution in [1.82, 2.24) is 20.1 Å². The van der Waals surface area contributed by atoms with E-state index in [2.05, 4.69) is 50.5 Å². The van der Waals surface area contributed by atoms with Gasteiger partial charge in [0.1, 0.15) is 5.01 Å². The number of aliphatic imine (C=N–C) groups is 1. The molecule has 3 unspecified atom stereocenters. The second kappa shape index (κ2) is 11.2. The molecule has 0 bridgehead atoms. The highest BCUT2D eigenvalue weighted by molar-refractivity contribution is 8.17. The predicted octanol–water partition coefficient (Wildman–Crippen LogP) is 5.39. The van der Waals surface area contributed by atoms with Crippen molar-refractivity contribution >= 4 is 56.0 Å². The van der Waals surface area contributed by atoms with E-state index in [4.69, 9.17) is 4.99 Å². The van der Waals surface area contributed by atoms with Crippen LogP contribution < -0.4 is 10.6 Å². The van der Waals surface area contributed by atoms with Crippen LogP contribution in [0.3, 0.4) is 0 Å². The van der Waals surface area contributed by atoms with Crippen molar-refractivity contribution in [1.29, 1.82) is 0 Å². The minimum atomic E-state index is -0.135. The first-order valence-corrected chi connectivity index (χ1v) is 14.4. The van der Waals surface area contributed by atoms with Crippen molar-refractivity contribution in [2.45, 2.75) is 64.3 Å². The zero-order chi connectivity index (χ0) is 25.9. The number of carbonyl (C=O) groups is 2. The highest BCUT2D eigenvalue weighted by Gasteiger charge is 2.31. The highest BCUT2D eigenvalue weighted by Crippen LogP contribution is 2.41. The summed E-state index contributed by atoms with van der Waals surface area (Å²) in [6.07, 6.45) is 9.45. The SMILES string of the molecule is CC(=O)Nc1nnc(C2CCCC(C3=NC(C)CC=C(NC(=O)Cc4cn(C)c5ccccc45)S3)C2)s1. The number of rotatable bonds is 6. The van der Waals surface area contributed by atoms with Gasteiger partial charge in [0.25, 0.3) is 0 Å². The summed E-state index contributed by atoms with van der Waals surface area (Å²) in [4.78, 5) is 29.5. The van der Waals surface area contributed by atoms with E-state index in [1.165, 1.54) is 18.3 Å². The molecule has 1 saturated carbocycles. The second-order valence-corrected chi connectivity index (χ2v) is 12.0. The molecule has 0 spiro atoms. The number of hydrogen-bond acceptors (Lipinski definition) is 7. The number of nitrogens with one attached hydrogen (secondary N) is 2. The molecule has 3 atom stereocenters. The zero-order valence-corrected chi connectivity index (χ0v) is 23.0. The number of aryl methyl sites for hydroxylation is 1. The average Bonchev–Trinajstić information content (AvgIpc) is 3.40. The number of thioether (sulfide) groups is 1. The molecule has 2 N–H and O–H groups in total. The number of fused-ring (bicyclic) bond motifs is 1. The first-order chi connectivity index (χ1) is 17.9. The molecule has 3 aromatic rings. The van der Waals surface area contributed by atoms with Crippen LogP contribution in [0.2, 0.25) is 0 Å². The van der Waals surface area contributed by atoms with Crippen LogP contribution in [0.5, 0.6) is 0 Å². The molecule has 1 fully saturated rings. The summed E-state index contributed by atoms with van der Waals surface area (Å²) < 4.78 is 2.07. The molecule has 2 amide bonds. The second-order valence-electron chi connectivity index (χ2n) is 9.92. The maximum atomic E-state index is 13.1. The van der Waals surface area contributed by atoms with Gasteiger partial charge in [0.15, 0.2) is 0 Å². The molecule has 5 rings (SSSR count). The third-order valence-electron chi connectivity index (χ3n) is 6.90. The minimum Gasteiger partial charge on any atom is -0.350 e. The van der Waals surface area contributed by atoms with Gasteiger partial charge in [0, 0.05) is 42.9 Å². The van der Waals surface area contributed by atoms with Crippen molar-refractivity contribution in [3.8, 4) is 0 Å². The van der Waals surface area contributed by atoms with Gasteiger partial charge in [-0.25, -0.2) is 0 Å². The van der Waals surface area contributed by atoms with Crippen LogP contribution in [-0.2, 0) is 23.1 Å².